The van der Waals surface area contributed by atoms with Crippen LogP contribution in [0.5, 0.6) is 11.5 Å². The summed E-state index contributed by atoms with van der Waals surface area (Å²) in [6.07, 6.45) is 1.76. The summed E-state index contributed by atoms with van der Waals surface area (Å²) in [6, 6.07) is 14.7. The van der Waals surface area contributed by atoms with E-state index < -0.39 is 5.25 Å². The summed E-state index contributed by atoms with van der Waals surface area (Å²) in [6.45, 7) is 2.10. The van der Waals surface area contributed by atoms with Crippen LogP contribution in [0.15, 0.2) is 53.7 Å². The summed E-state index contributed by atoms with van der Waals surface area (Å²) in [5.74, 6) is 2.25. The lowest BCUT2D eigenvalue weighted by Gasteiger charge is -2.33. The molecule has 4 rings (SSSR count). The molecule has 9 heteroatoms. The Hall–Kier alpha value is -3.20. The molecule has 3 aromatic rings. The van der Waals surface area contributed by atoms with Crippen LogP contribution in [0.1, 0.15) is 30.8 Å². The van der Waals surface area contributed by atoms with Gasteiger partial charge in [0.05, 0.1) is 20.3 Å². The van der Waals surface area contributed by atoms with E-state index in [-0.39, 0.29) is 11.9 Å². The van der Waals surface area contributed by atoms with Gasteiger partial charge >= 0.3 is 0 Å². The fourth-order valence-corrected chi connectivity index (χ4v) is 4.53. The predicted octanol–water partition coefficient (Wildman–Crippen LogP) is 3.65. The number of fused-ring (bicyclic) bond motifs is 1. The quantitative estimate of drug-likeness (QED) is 0.581. The van der Waals surface area contributed by atoms with Gasteiger partial charge in [-0.05, 0) is 48.4 Å². The van der Waals surface area contributed by atoms with Crippen LogP contribution in [-0.4, -0.2) is 40.3 Å². The maximum atomic E-state index is 13.3. The standard InChI is InChI=1S/C22H25N5O3S/c1-4-5-18-24-25-22-27(18)26-19(14-6-10-16(29-2)11-7-14)20(31-22)21(28)23-15-8-12-17(30-3)13-9-15/h6-13,19-20,26H,4-5H2,1-3H3,(H,23,28)/t19-,20+/m0/s1. The molecule has 2 N–H and O–H groups in total. The highest BCUT2D eigenvalue weighted by atomic mass is 32.2. The molecule has 1 aliphatic rings. The van der Waals surface area contributed by atoms with E-state index in [0.29, 0.717) is 10.8 Å². The maximum Gasteiger partial charge on any atom is 0.240 e. The van der Waals surface area contributed by atoms with E-state index in [9.17, 15) is 4.79 Å². The number of amides is 1. The zero-order chi connectivity index (χ0) is 21.8. The second-order valence-electron chi connectivity index (χ2n) is 7.12. The van der Waals surface area contributed by atoms with Crippen LogP contribution < -0.4 is 20.2 Å². The lowest BCUT2D eigenvalue weighted by Crippen LogP contribution is -2.41. The third-order valence-electron chi connectivity index (χ3n) is 5.07. The lowest BCUT2D eigenvalue weighted by molar-refractivity contribution is -0.116. The summed E-state index contributed by atoms with van der Waals surface area (Å²) in [4.78, 5) is 13.3. The fourth-order valence-electron chi connectivity index (χ4n) is 3.43. The van der Waals surface area contributed by atoms with Crippen LogP contribution in [0.3, 0.4) is 0 Å². The molecule has 0 spiro atoms. The molecule has 0 unspecified atom stereocenters. The first kappa shape index (κ1) is 21.0. The van der Waals surface area contributed by atoms with Crippen molar-refractivity contribution in [3.05, 3.63) is 59.9 Å². The molecule has 0 bridgehead atoms. The van der Waals surface area contributed by atoms with Crippen LogP contribution in [-0.2, 0) is 11.2 Å². The van der Waals surface area contributed by atoms with Crippen molar-refractivity contribution in [2.24, 2.45) is 0 Å². The van der Waals surface area contributed by atoms with Crippen LogP contribution in [0, 0.1) is 0 Å². The van der Waals surface area contributed by atoms with Crippen molar-refractivity contribution in [2.75, 3.05) is 25.0 Å². The summed E-state index contributed by atoms with van der Waals surface area (Å²) in [7, 11) is 3.25. The van der Waals surface area contributed by atoms with Crippen molar-refractivity contribution in [1.29, 1.82) is 0 Å². The molecule has 162 valence electrons. The minimum atomic E-state index is -0.443. The van der Waals surface area contributed by atoms with Crippen LogP contribution in [0.2, 0.25) is 0 Å². The Morgan fingerprint density at radius 3 is 2.32 bits per heavy atom. The van der Waals surface area contributed by atoms with Gasteiger partial charge in [-0.25, -0.2) is 4.68 Å². The Balaban J connectivity index is 1.63. The van der Waals surface area contributed by atoms with Gasteiger partial charge in [-0.15, -0.1) is 10.2 Å². The van der Waals surface area contributed by atoms with Gasteiger partial charge in [0.25, 0.3) is 0 Å². The van der Waals surface area contributed by atoms with Gasteiger partial charge in [-0.1, -0.05) is 30.8 Å². The highest BCUT2D eigenvalue weighted by Gasteiger charge is 2.37. The van der Waals surface area contributed by atoms with E-state index in [2.05, 4.69) is 27.9 Å². The summed E-state index contributed by atoms with van der Waals surface area (Å²) >= 11 is 1.41. The number of nitrogens with one attached hydrogen (secondary N) is 2. The molecule has 2 aromatic carbocycles. The topological polar surface area (TPSA) is 90.3 Å². The third kappa shape index (κ3) is 4.46. The lowest BCUT2D eigenvalue weighted by atomic mass is 10.0. The first-order chi connectivity index (χ1) is 15.1. The Labute approximate surface area is 185 Å². The highest BCUT2D eigenvalue weighted by Crippen LogP contribution is 2.38. The number of aryl methyl sites for hydroxylation is 1. The van der Waals surface area contributed by atoms with Crippen LogP contribution >= 0.6 is 11.8 Å². The summed E-state index contributed by atoms with van der Waals surface area (Å²) < 4.78 is 12.4. The number of aromatic nitrogens is 3. The number of benzene rings is 2. The molecule has 0 aliphatic carbocycles. The first-order valence-electron chi connectivity index (χ1n) is 10.1. The minimum absolute atomic E-state index is 0.116. The average Bonchev–Trinajstić information content (AvgIpc) is 3.21. The average molecular weight is 440 g/mol. The molecule has 0 fully saturated rings. The highest BCUT2D eigenvalue weighted by molar-refractivity contribution is 8.00. The summed E-state index contributed by atoms with van der Waals surface area (Å²) in [5.41, 5.74) is 5.15. The Morgan fingerprint density at radius 1 is 1.06 bits per heavy atom. The van der Waals surface area contributed by atoms with Crippen molar-refractivity contribution in [1.82, 2.24) is 14.9 Å². The van der Waals surface area contributed by atoms with Gasteiger partial charge in [-0.2, -0.15) is 0 Å². The normalized spacial score (nSPS) is 17.4. The number of ether oxygens (including phenoxy) is 2. The van der Waals surface area contributed by atoms with Gasteiger partial charge in [0.2, 0.25) is 11.1 Å². The molecule has 2 atom stereocenters. The molecule has 1 amide bonds. The van der Waals surface area contributed by atoms with E-state index in [1.807, 2.05) is 53.2 Å². The van der Waals surface area contributed by atoms with Gasteiger partial charge < -0.3 is 20.2 Å². The number of anilines is 1. The van der Waals surface area contributed by atoms with Gasteiger partial charge in [0.15, 0.2) is 5.82 Å². The zero-order valence-electron chi connectivity index (χ0n) is 17.7. The molecule has 0 saturated heterocycles. The zero-order valence-corrected chi connectivity index (χ0v) is 18.5. The van der Waals surface area contributed by atoms with Gasteiger partial charge in [-0.3, -0.25) is 4.79 Å². The summed E-state index contributed by atoms with van der Waals surface area (Å²) in [5, 5.41) is 11.8. The second kappa shape index (κ2) is 9.30. The monoisotopic (exact) mass is 439 g/mol. The number of nitrogens with zero attached hydrogens (tertiary/aromatic N) is 3. The third-order valence-corrected chi connectivity index (χ3v) is 6.28. The number of carbonyl (C=O) groups is 1. The Bertz CT molecular complexity index is 1040. The number of thioether (sulfide) groups is 1. The predicted molar refractivity (Wildman–Crippen MR) is 120 cm³/mol. The number of carbonyl (C=O) groups excluding carboxylic acids is 1. The van der Waals surface area contributed by atoms with Crippen molar-refractivity contribution < 1.29 is 14.3 Å². The Morgan fingerprint density at radius 2 is 1.71 bits per heavy atom. The van der Waals surface area contributed by atoms with Crippen molar-refractivity contribution in [3.8, 4) is 11.5 Å². The molecule has 0 radical (unpaired) electrons. The van der Waals surface area contributed by atoms with Crippen molar-refractivity contribution in [2.45, 2.75) is 36.2 Å². The van der Waals surface area contributed by atoms with Crippen LogP contribution in [0.4, 0.5) is 5.69 Å². The molecule has 0 saturated carbocycles. The van der Waals surface area contributed by atoms with Gasteiger partial charge in [0.1, 0.15) is 16.7 Å². The molecule has 1 aromatic heterocycles. The molecular formula is C22H25N5O3S. The van der Waals surface area contributed by atoms with E-state index in [4.69, 9.17) is 9.47 Å². The minimum Gasteiger partial charge on any atom is -0.497 e. The molecule has 31 heavy (non-hydrogen) atoms. The number of methoxy groups -OCH3 is 2. The van der Waals surface area contributed by atoms with Crippen molar-refractivity contribution in [3.63, 3.8) is 0 Å². The van der Waals surface area contributed by atoms with Crippen molar-refractivity contribution >= 4 is 23.4 Å². The van der Waals surface area contributed by atoms with Gasteiger partial charge in [0, 0.05) is 12.1 Å². The largest absolute Gasteiger partial charge is 0.497 e. The van der Waals surface area contributed by atoms with E-state index >= 15 is 0 Å². The van der Waals surface area contributed by atoms with E-state index in [1.54, 1.807) is 14.2 Å². The second-order valence-corrected chi connectivity index (χ2v) is 8.23. The smallest absolute Gasteiger partial charge is 0.240 e. The SMILES string of the molecule is CCCc1nnc2n1N[C@@H](c1ccc(OC)cc1)[C@H](C(=O)Nc1ccc(OC)cc1)S2. The van der Waals surface area contributed by atoms with E-state index in [1.165, 1.54) is 11.8 Å². The maximum absolute atomic E-state index is 13.3. The van der Waals surface area contributed by atoms with Crippen LogP contribution in [0.25, 0.3) is 0 Å². The number of rotatable bonds is 7. The first-order valence-corrected chi connectivity index (χ1v) is 11.0. The molecule has 8 nitrogen and oxygen atoms in total. The number of hydrogen-bond donors (Lipinski definition) is 2. The fraction of sp³-hybridized carbons (Fsp3) is 0.318. The van der Waals surface area contributed by atoms with E-state index in [0.717, 1.165) is 35.7 Å². The molecular weight excluding hydrogens is 414 g/mol. The molecule has 1 aliphatic heterocycles. The number of hydrogen-bond acceptors (Lipinski definition) is 7. The Kier molecular flexibility index (Phi) is 6.31. The molecule has 2 heterocycles.